The minimum Gasteiger partial charge on any atom is -0.349 e. The predicted octanol–water partition coefficient (Wildman–Crippen LogP) is 4.76. The molecule has 4 aliphatic rings. The van der Waals surface area contributed by atoms with Gasteiger partial charge in [0.15, 0.2) is 5.79 Å². The van der Waals surface area contributed by atoms with E-state index in [2.05, 4.69) is 55.2 Å². The van der Waals surface area contributed by atoms with Crippen LogP contribution in [0, 0.1) is 5.41 Å². The van der Waals surface area contributed by atoms with Crippen LogP contribution in [0.4, 0.5) is 0 Å². The van der Waals surface area contributed by atoms with Crippen molar-refractivity contribution in [2.24, 2.45) is 5.41 Å². The Labute approximate surface area is 163 Å². The van der Waals surface area contributed by atoms with Crippen molar-refractivity contribution in [2.45, 2.75) is 69.6 Å². The SMILES string of the molecule is CC1(C)COC2(CCC(N3CCC4(C=Cc5ccccc54)CC3)CC2)OC1. The summed E-state index contributed by atoms with van der Waals surface area (Å²) in [7, 11) is 0. The number of likely N-dealkylation sites (tertiary alicyclic amines) is 1. The van der Waals surface area contributed by atoms with Crippen molar-refractivity contribution < 1.29 is 9.47 Å². The van der Waals surface area contributed by atoms with Gasteiger partial charge < -0.3 is 14.4 Å². The zero-order chi connectivity index (χ0) is 18.5. The Morgan fingerprint density at radius 2 is 1.59 bits per heavy atom. The van der Waals surface area contributed by atoms with Crippen LogP contribution in [0.3, 0.4) is 0 Å². The smallest absolute Gasteiger partial charge is 0.168 e. The quantitative estimate of drug-likeness (QED) is 0.714. The highest BCUT2D eigenvalue weighted by Gasteiger charge is 2.45. The van der Waals surface area contributed by atoms with Gasteiger partial charge >= 0.3 is 0 Å². The van der Waals surface area contributed by atoms with Crippen molar-refractivity contribution in [3.63, 3.8) is 0 Å². The highest BCUT2D eigenvalue weighted by atomic mass is 16.7. The topological polar surface area (TPSA) is 21.7 Å². The molecule has 0 N–H and O–H groups in total. The fourth-order valence-corrected chi connectivity index (χ4v) is 5.59. The van der Waals surface area contributed by atoms with Gasteiger partial charge in [0, 0.05) is 29.7 Å². The number of rotatable bonds is 1. The van der Waals surface area contributed by atoms with Crippen molar-refractivity contribution in [2.75, 3.05) is 26.3 Å². The first-order chi connectivity index (χ1) is 13.0. The van der Waals surface area contributed by atoms with Crippen LogP contribution in [0.15, 0.2) is 30.3 Å². The van der Waals surface area contributed by atoms with Gasteiger partial charge in [-0.1, -0.05) is 50.3 Å². The van der Waals surface area contributed by atoms with E-state index in [0.29, 0.717) is 11.5 Å². The summed E-state index contributed by atoms with van der Waals surface area (Å²) in [6.45, 7) is 8.54. The second kappa shape index (κ2) is 6.43. The second-order valence-corrected chi connectivity index (χ2v) is 10.00. The van der Waals surface area contributed by atoms with Crippen LogP contribution in [0.2, 0.25) is 0 Å². The number of nitrogens with zero attached hydrogens (tertiary/aromatic N) is 1. The predicted molar refractivity (Wildman–Crippen MR) is 109 cm³/mol. The molecule has 0 aromatic heterocycles. The van der Waals surface area contributed by atoms with Gasteiger partial charge in [0.1, 0.15) is 0 Å². The van der Waals surface area contributed by atoms with Crippen LogP contribution in [0.5, 0.6) is 0 Å². The molecule has 2 aliphatic carbocycles. The van der Waals surface area contributed by atoms with Gasteiger partial charge in [-0.3, -0.25) is 0 Å². The fraction of sp³-hybridized carbons (Fsp3) is 0.667. The molecule has 0 bridgehead atoms. The lowest BCUT2D eigenvalue weighted by atomic mass is 9.74. The zero-order valence-corrected chi connectivity index (χ0v) is 16.9. The Morgan fingerprint density at radius 1 is 0.926 bits per heavy atom. The van der Waals surface area contributed by atoms with Crippen molar-refractivity contribution >= 4 is 6.08 Å². The van der Waals surface area contributed by atoms with E-state index in [1.54, 1.807) is 5.56 Å². The van der Waals surface area contributed by atoms with Gasteiger partial charge in [0.2, 0.25) is 0 Å². The molecular weight excluding hydrogens is 334 g/mol. The number of hydrogen-bond donors (Lipinski definition) is 0. The first-order valence-electron chi connectivity index (χ1n) is 10.8. The van der Waals surface area contributed by atoms with Crippen LogP contribution in [-0.2, 0) is 14.9 Å². The normalized spacial score (nSPS) is 29.3. The van der Waals surface area contributed by atoms with Crippen molar-refractivity contribution in [3.8, 4) is 0 Å². The molecule has 2 saturated heterocycles. The standard InChI is InChI=1S/C24H33NO2/c1-22(2)17-26-24(27-18-22)11-8-20(9-12-24)25-15-13-23(14-16-25)10-7-19-5-3-4-6-21(19)23/h3-7,10,20H,8-9,11-18H2,1-2H3. The van der Waals surface area contributed by atoms with E-state index in [9.17, 15) is 0 Å². The molecule has 146 valence electrons. The molecule has 1 aromatic rings. The second-order valence-electron chi connectivity index (χ2n) is 10.00. The van der Waals surface area contributed by atoms with Gasteiger partial charge in [-0.05, 0) is 49.9 Å². The van der Waals surface area contributed by atoms with E-state index in [4.69, 9.17) is 9.47 Å². The molecule has 0 amide bonds. The number of benzene rings is 1. The van der Waals surface area contributed by atoms with E-state index in [1.807, 2.05) is 0 Å². The Balaban J connectivity index is 1.18. The third-order valence-corrected chi connectivity index (χ3v) is 7.45. The Kier molecular flexibility index (Phi) is 4.27. The van der Waals surface area contributed by atoms with Crippen LogP contribution in [-0.4, -0.2) is 43.0 Å². The summed E-state index contributed by atoms with van der Waals surface area (Å²) in [4.78, 5) is 2.75. The number of allylic oxidation sites excluding steroid dienone is 1. The minimum atomic E-state index is -0.282. The van der Waals surface area contributed by atoms with Crippen molar-refractivity contribution in [1.82, 2.24) is 4.90 Å². The lowest BCUT2D eigenvalue weighted by Crippen LogP contribution is -2.53. The molecule has 2 aliphatic heterocycles. The molecule has 5 rings (SSSR count). The minimum absolute atomic E-state index is 0.161. The third-order valence-electron chi connectivity index (χ3n) is 7.45. The van der Waals surface area contributed by atoms with E-state index < -0.39 is 0 Å². The van der Waals surface area contributed by atoms with E-state index >= 15 is 0 Å². The largest absolute Gasteiger partial charge is 0.349 e. The third kappa shape index (κ3) is 3.18. The first-order valence-corrected chi connectivity index (χ1v) is 10.8. The summed E-state index contributed by atoms with van der Waals surface area (Å²) >= 11 is 0. The zero-order valence-electron chi connectivity index (χ0n) is 16.9. The maximum absolute atomic E-state index is 6.22. The number of hydrogen-bond acceptors (Lipinski definition) is 3. The highest BCUT2D eigenvalue weighted by molar-refractivity contribution is 5.65. The van der Waals surface area contributed by atoms with E-state index in [0.717, 1.165) is 26.1 Å². The summed E-state index contributed by atoms with van der Waals surface area (Å²) in [5.41, 5.74) is 3.44. The Morgan fingerprint density at radius 3 is 2.30 bits per heavy atom. The summed E-state index contributed by atoms with van der Waals surface area (Å²) in [5.74, 6) is -0.282. The summed E-state index contributed by atoms with van der Waals surface area (Å²) in [6.07, 6.45) is 11.9. The van der Waals surface area contributed by atoms with Gasteiger partial charge in [-0.25, -0.2) is 0 Å². The molecule has 2 heterocycles. The number of fused-ring (bicyclic) bond motifs is 2. The Hall–Kier alpha value is -1.16. The molecule has 0 unspecified atom stereocenters. The average molecular weight is 368 g/mol. The molecular formula is C24H33NO2. The number of piperidine rings is 1. The molecule has 27 heavy (non-hydrogen) atoms. The van der Waals surface area contributed by atoms with Crippen molar-refractivity contribution in [1.29, 1.82) is 0 Å². The molecule has 3 heteroatoms. The van der Waals surface area contributed by atoms with E-state index in [1.165, 1.54) is 44.3 Å². The monoisotopic (exact) mass is 367 g/mol. The van der Waals surface area contributed by atoms with Gasteiger partial charge in [-0.2, -0.15) is 0 Å². The summed E-state index contributed by atoms with van der Waals surface area (Å²) in [6, 6.07) is 9.67. The molecule has 1 saturated carbocycles. The molecule has 3 fully saturated rings. The van der Waals surface area contributed by atoms with Crippen LogP contribution in [0.1, 0.15) is 63.5 Å². The van der Waals surface area contributed by atoms with Crippen LogP contribution >= 0.6 is 0 Å². The fourth-order valence-electron chi connectivity index (χ4n) is 5.59. The molecule has 2 spiro atoms. The van der Waals surface area contributed by atoms with Gasteiger partial charge in [0.25, 0.3) is 0 Å². The summed E-state index contributed by atoms with van der Waals surface area (Å²) in [5, 5.41) is 0. The van der Waals surface area contributed by atoms with E-state index in [-0.39, 0.29) is 11.2 Å². The summed E-state index contributed by atoms with van der Waals surface area (Å²) < 4.78 is 12.4. The lowest BCUT2D eigenvalue weighted by Gasteiger charge is -2.49. The molecule has 0 atom stereocenters. The highest BCUT2D eigenvalue weighted by Crippen LogP contribution is 2.46. The van der Waals surface area contributed by atoms with Gasteiger partial charge in [-0.15, -0.1) is 0 Å². The Bertz CT molecular complexity index is 710. The molecule has 1 aromatic carbocycles. The van der Waals surface area contributed by atoms with Crippen molar-refractivity contribution in [3.05, 3.63) is 41.5 Å². The number of ether oxygens (including phenoxy) is 2. The maximum atomic E-state index is 6.22. The maximum Gasteiger partial charge on any atom is 0.168 e. The molecule has 3 nitrogen and oxygen atoms in total. The van der Waals surface area contributed by atoms with Crippen LogP contribution < -0.4 is 0 Å². The first kappa shape index (κ1) is 17.9. The van der Waals surface area contributed by atoms with Crippen LogP contribution in [0.25, 0.3) is 6.08 Å². The lowest BCUT2D eigenvalue weighted by molar-refractivity contribution is -0.312. The average Bonchev–Trinajstić information content (AvgIpc) is 3.05. The molecule has 0 radical (unpaired) electrons. The van der Waals surface area contributed by atoms with Gasteiger partial charge in [0.05, 0.1) is 13.2 Å².